The number of aromatic nitrogens is 4. The van der Waals surface area contributed by atoms with Gasteiger partial charge in [-0.3, -0.25) is 9.97 Å². The van der Waals surface area contributed by atoms with Gasteiger partial charge in [0.1, 0.15) is 9.21 Å². The highest BCUT2D eigenvalue weighted by Crippen LogP contribution is 2.19. The molecule has 0 aliphatic rings. The second kappa shape index (κ2) is 9.35. The van der Waals surface area contributed by atoms with Gasteiger partial charge in [-0.25, -0.2) is 9.97 Å². The fourth-order valence-corrected chi connectivity index (χ4v) is 3.40. The molecule has 4 aromatic heterocycles. The minimum absolute atomic E-state index is 0.480. The quantitative estimate of drug-likeness (QED) is 0.304. The number of hydrogen-bond acceptors (Lipinski definition) is 5. The molecule has 0 atom stereocenters. The zero-order valence-electron chi connectivity index (χ0n) is 15.3. The van der Waals surface area contributed by atoms with E-state index >= 15 is 0 Å². The number of pyridine rings is 4. The predicted molar refractivity (Wildman–Crippen MR) is 119 cm³/mol. The van der Waals surface area contributed by atoms with E-state index in [2.05, 4.69) is 51.8 Å². The third-order valence-corrected chi connectivity index (χ3v) is 5.03. The molecule has 0 radical (unpaired) electrons. The maximum Gasteiger partial charge on any atom is 0.106 e. The lowest BCUT2D eigenvalue weighted by atomic mass is 10.2. The second-order valence-corrected chi connectivity index (χ2v) is 7.91. The van der Waals surface area contributed by atoms with Crippen LogP contribution in [0, 0.1) is 0 Å². The van der Waals surface area contributed by atoms with Crippen LogP contribution in [0.3, 0.4) is 0 Å². The minimum atomic E-state index is 0.480. The molecule has 29 heavy (non-hydrogen) atoms. The summed E-state index contributed by atoms with van der Waals surface area (Å²) in [5, 5.41) is 0. The first-order valence-corrected chi connectivity index (χ1v) is 10.5. The van der Waals surface area contributed by atoms with Crippen LogP contribution < -0.4 is 0 Å². The van der Waals surface area contributed by atoms with E-state index in [4.69, 9.17) is 4.74 Å². The molecule has 0 N–H and O–H groups in total. The normalized spacial score (nSPS) is 10.8. The van der Waals surface area contributed by atoms with Crippen molar-refractivity contribution in [2.75, 3.05) is 0 Å². The van der Waals surface area contributed by atoms with E-state index in [1.54, 1.807) is 0 Å². The number of ether oxygens (including phenoxy) is 1. The Morgan fingerprint density at radius 1 is 0.586 bits per heavy atom. The van der Waals surface area contributed by atoms with Gasteiger partial charge >= 0.3 is 0 Å². The van der Waals surface area contributed by atoms with E-state index in [-0.39, 0.29) is 0 Å². The maximum absolute atomic E-state index is 5.81. The Kier molecular flexibility index (Phi) is 6.39. The lowest BCUT2D eigenvalue weighted by Crippen LogP contribution is -1.97. The molecule has 144 valence electrons. The molecule has 4 aromatic rings. The van der Waals surface area contributed by atoms with Crippen molar-refractivity contribution >= 4 is 31.9 Å². The summed E-state index contributed by atoms with van der Waals surface area (Å²) >= 11 is 6.76. The van der Waals surface area contributed by atoms with Crippen molar-refractivity contribution in [1.82, 2.24) is 19.9 Å². The van der Waals surface area contributed by atoms with Crippen LogP contribution in [0.1, 0.15) is 11.1 Å². The van der Waals surface area contributed by atoms with Gasteiger partial charge in [0.05, 0.1) is 36.0 Å². The zero-order valence-corrected chi connectivity index (χ0v) is 18.5. The first-order chi connectivity index (χ1) is 14.2. The van der Waals surface area contributed by atoms with E-state index in [0.717, 1.165) is 43.1 Å². The van der Waals surface area contributed by atoms with E-state index in [0.29, 0.717) is 13.2 Å². The number of rotatable bonds is 6. The van der Waals surface area contributed by atoms with E-state index in [1.807, 2.05) is 73.1 Å². The van der Waals surface area contributed by atoms with Crippen LogP contribution in [0.2, 0.25) is 0 Å². The van der Waals surface area contributed by atoms with Crippen LogP contribution in [0.5, 0.6) is 0 Å². The predicted octanol–water partition coefficient (Wildman–Crippen LogP) is 5.84. The highest BCUT2D eigenvalue weighted by atomic mass is 79.9. The monoisotopic (exact) mass is 510 g/mol. The number of nitrogens with zero attached hydrogens (tertiary/aromatic N) is 4. The van der Waals surface area contributed by atoms with Gasteiger partial charge in [-0.05, 0) is 79.4 Å². The molecular formula is C22H16Br2N4O. The number of halogens is 2. The van der Waals surface area contributed by atoms with Crippen molar-refractivity contribution in [2.24, 2.45) is 0 Å². The highest BCUT2D eigenvalue weighted by Gasteiger charge is 2.04. The minimum Gasteiger partial charge on any atom is -0.372 e. The van der Waals surface area contributed by atoms with Crippen LogP contribution in [0.4, 0.5) is 0 Å². The van der Waals surface area contributed by atoms with Crippen molar-refractivity contribution in [2.45, 2.75) is 13.2 Å². The molecule has 7 heteroatoms. The molecule has 0 aliphatic heterocycles. The molecule has 5 nitrogen and oxygen atoms in total. The Bertz CT molecular complexity index is 1010. The molecule has 0 unspecified atom stereocenters. The van der Waals surface area contributed by atoms with Crippen LogP contribution in [0.15, 0.2) is 82.3 Å². The van der Waals surface area contributed by atoms with Crippen molar-refractivity contribution in [3.05, 3.63) is 93.4 Å². The summed E-state index contributed by atoms with van der Waals surface area (Å²) in [6.07, 6.45) is 3.64. The van der Waals surface area contributed by atoms with Crippen molar-refractivity contribution in [3.8, 4) is 22.8 Å². The Morgan fingerprint density at radius 2 is 1.07 bits per heavy atom. The molecule has 0 saturated heterocycles. The lowest BCUT2D eigenvalue weighted by Gasteiger charge is -2.07. The van der Waals surface area contributed by atoms with Crippen LogP contribution in [-0.2, 0) is 18.0 Å². The summed E-state index contributed by atoms with van der Waals surface area (Å²) in [6.45, 7) is 0.961. The second-order valence-electron chi connectivity index (χ2n) is 6.29. The Morgan fingerprint density at radius 3 is 1.45 bits per heavy atom. The van der Waals surface area contributed by atoms with Gasteiger partial charge in [0, 0.05) is 12.4 Å². The molecule has 0 fully saturated rings. The molecule has 0 amide bonds. The first kappa shape index (κ1) is 19.8. The Balaban J connectivity index is 1.33. The van der Waals surface area contributed by atoms with E-state index in [1.165, 1.54) is 0 Å². The molecule has 0 bridgehead atoms. The van der Waals surface area contributed by atoms with E-state index in [9.17, 15) is 0 Å². The van der Waals surface area contributed by atoms with Gasteiger partial charge in [0.2, 0.25) is 0 Å². The summed E-state index contributed by atoms with van der Waals surface area (Å²) in [7, 11) is 0. The average molecular weight is 512 g/mol. The van der Waals surface area contributed by atoms with Gasteiger partial charge in [0.25, 0.3) is 0 Å². The third-order valence-electron chi connectivity index (χ3n) is 4.14. The standard InChI is InChI=1S/C22H16Br2N4O/c23-21-5-1-3-19(27-21)17-9-7-15(11-25-17)13-29-14-16-8-10-18(26-12-16)20-4-2-6-22(24)28-20/h1-12H,13-14H2. The zero-order chi connectivity index (χ0) is 20.1. The van der Waals surface area contributed by atoms with Crippen LogP contribution in [0.25, 0.3) is 22.8 Å². The lowest BCUT2D eigenvalue weighted by molar-refractivity contribution is 0.107. The Labute approximate surface area is 185 Å². The summed E-state index contributed by atoms with van der Waals surface area (Å²) in [5.41, 5.74) is 5.33. The smallest absolute Gasteiger partial charge is 0.106 e. The summed E-state index contributed by atoms with van der Waals surface area (Å²) in [5.74, 6) is 0. The SMILES string of the molecule is Brc1cccc(-c2ccc(COCc3ccc(-c4cccc(Br)n4)nc3)cn2)n1. The molecule has 4 rings (SSSR count). The fourth-order valence-electron chi connectivity index (χ4n) is 2.71. The van der Waals surface area contributed by atoms with Gasteiger partial charge < -0.3 is 4.74 Å². The summed E-state index contributed by atoms with van der Waals surface area (Å²) < 4.78 is 7.39. The molecule has 0 spiro atoms. The number of hydrogen-bond donors (Lipinski definition) is 0. The first-order valence-electron chi connectivity index (χ1n) is 8.91. The fraction of sp³-hybridized carbons (Fsp3) is 0.0909. The molecule has 0 saturated carbocycles. The van der Waals surface area contributed by atoms with Gasteiger partial charge in [0.15, 0.2) is 0 Å². The average Bonchev–Trinajstić information content (AvgIpc) is 2.75. The van der Waals surface area contributed by atoms with Crippen molar-refractivity contribution < 1.29 is 4.74 Å². The molecular weight excluding hydrogens is 496 g/mol. The topological polar surface area (TPSA) is 60.8 Å². The molecule has 0 aromatic carbocycles. The van der Waals surface area contributed by atoms with Gasteiger partial charge in [-0.1, -0.05) is 24.3 Å². The summed E-state index contributed by atoms with van der Waals surface area (Å²) in [6, 6.07) is 19.5. The van der Waals surface area contributed by atoms with Gasteiger partial charge in [-0.2, -0.15) is 0 Å². The van der Waals surface area contributed by atoms with Crippen molar-refractivity contribution in [1.29, 1.82) is 0 Å². The van der Waals surface area contributed by atoms with Crippen LogP contribution >= 0.6 is 31.9 Å². The molecule has 4 heterocycles. The van der Waals surface area contributed by atoms with Crippen LogP contribution in [-0.4, -0.2) is 19.9 Å². The summed E-state index contributed by atoms with van der Waals surface area (Å²) in [4.78, 5) is 17.8. The maximum atomic E-state index is 5.81. The largest absolute Gasteiger partial charge is 0.372 e. The van der Waals surface area contributed by atoms with Crippen molar-refractivity contribution in [3.63, 3.8) is 0 Å². The highest BCUT2D eigenvalue weighted by molar-refractivity contribution is 9.10. The van der Waals surface area contributed by atoms with Gasteiger partial charge in [-0.15, -0.1) is 0 Å². The Hall–Kier alpha value is -2.48. The van der Waals surface area contributed by atoms with E-state index < -0.39 is 0 Å². The molecule has 0 aliphatic carbocycles. The third kappa shape index (κ3) is 5.32.